The van der Waals surface area contributed by atoms with Crippen molar-refractivity contribution in [3.63, 3.8) is 0 Å². The van der Waals surface area contributed by atoms with Gasteiger partial charge in [-0.2, -0.15) is 13.2 Å². The van der Waals surface area contributed by atoms with Gasteiger partial charge in [-0.3, -0.25) is 4.79 Å². The number of hydrogen-bond acceptors (Lipinski definition) is 3. The Balaban J connectivity index is 1.98. The van der Waals surface area contributed by atoms with Gasteiger partial charge in [0, 0.05) is 43.1 Å². The molecule has 0 fully saturated rings. The van der Waals surface area contributed by atoms with Crippen molar-refractivity contribution in [3.8, 4) is 5.75 Å². The smallest absolute Gasteiger partial charge is 0.416 e. The van der Waals surface area contributed by atoms with Crippen molar-refractivity contribution in [2.24, 2.45) is 0 Å². The van der Waals surface area contributed by atoms with Gasteiger partial charge in [-0.15, -0.1) is 0 Å². The number of aromatic nitrogens is 1. The van der Waals surface area contributed by atoms with E-state index in [1.807, 2.05) is 18.2 Å². The summed E-state index contributed by atoms with van der Waals surface area (Å²) < 4.78 is 49.2. The molecule has 0 spiro atoms. The standard InChI is InChI=1S/C22H23F3N2O3/c1-29-10-9-26-21(28)12-17(14-3-5-15(6-4-14)22(23,24)25)19-13-27-20-8-7-16(30-2)11-18(19)20/h3-8,11,13,17,27H,9-10,12H2,1-2H3,(H,26,28)/t17-/m1/s1. The van der Waals surface area contributed by atoms with Gasteiger partial charge in [0.25, 0.3) is 0 Å². The summed E-state index contributed by atoms with van der Waals surface area (Å²) in [5.41, 5.74) is 1.55. The van der Waals surface area contributed by atoms with Crippen LogP contribution < -0.4 is 10.1 Å². The number of nitrogens with one attached hydrogen (secondary N) is 2. The molecule has 0 unspecified atom stereocenters. The predicted molar refractivity (Wildman–Crippen MR) is 108 cm³/mol. The van der Waals surface area contributed by atoms with Crippen molar-refractivity contribution in [1.82, 2.24) is 10.3 Å². The number of halogens is 3. The van der Waals surface area contributed by atoms with Gasteiger partial charge in [0.05, 0.1) is 19.3 Å². The number of benzene rings is 2. The number of fused-ring (bicyclic) bond motifs is 1. The first-order chi connectivity index (χ1) is 14.3. The van der Waals surface area contributed by atoms with Crippen LogP contribution in [0.2, 0.25) is 0 Å². The molecule has 2 N–H and O–H groups in total. The number of ether oxygens (including phenoxy) is 2. The molecule has 2 aromatic carbocycles. The average molecular weight is 420 g/mol. The number of rotatable bonds is 8. The minimum Gasteiger partial charge on any atom is -0.497 e. The molecule has 5 nitrogen and oxygen atoms in total. The second-order valence-electron chi connectivity index (χ2n) is 6.87. The first-order valence-electron chi connectivity index (χ1n) is 9.41. The number of H-pyrrole nitrogens is 1. The number of amides is 1. The van der Waals surface area contributed by atoms with E-state index in [1.54, 1.807) is 13.3 Å². The summed E-state index contributed by atoms with van der Waals surface area (Å²) in [4.78, 5) is 15.7. The molecule has 3 rings (SSSR count). The van der Waals surface area contributed by atoms with E-state index in [1.165, 1.54) is 19.2 Å². The van der Waals surface area contributed by atoms with E-state index in [-0.39, 0.29) is 12.3 Å². The fraction of sp³-hybridized carbons (Fsp3) is 0.318. The summed E-state index contributed by atoms with van der Waals surface area (Å²) in [6.45, 7) is 0.734. The summed E-state index contributed by atoms with van der Waals surface area (Å²) >= 11 is 0. The van der Waals surface area contributed by atoms with Crippen LogP contribution in [0.15, 0.2) is 48.7 Å². The Hall–Kier alpha value is -3.00. The predicted octanol–water partition coefficient (Wildman–Crippen LogP) is 4.48. The van der Waals surface area contributed by atoms with E-state index in [4.69, 9.17) is 9.47 Å². The number of carbonyl (C=O) groups is 1. The van der Waals surface area contributed by atoms with Gasteiger partial charge in [0.1, 0.15) is 5.75 Å². The van der Waals surface area contributed by atoms with Crippen LogP contribution in [-0.4, -0.2) is 38.3 Å². The SMILES string of the molecule is COCCNC(=O)C[C@H](c1ccc(C(F)(F)F)cc1)c1c[nH]c2ccc(OC)cc12. The van der Waals surface area contributed by atoms with Gasteiger partial charge in [0.2, 0.25) is 5.91 Å². The van der Waals surface area contributed by atoms with Gasteiger partial charge in [0.15, 0.2) is 0 Å². The second kappa shape index (κ2) is 9.21. The van der Waals surface area contributed by atoms with Crippen molar-refractivity contribution in [2.45, 2.75) is 18.5 Å². The maximum Gasteiger partial charge on any atom is 0.416 e. The zero-order valence-corrected chi connectivity index (χ0v) is 16.7. The van der Waals surface area contributed by atoms with Crippen LogP contribution in [0.4, 0.5) is 13.2 Å². The third-order valence-electron chi connectivity index (χ3n) is 4.95. The molecule has 0 saturated carbocycles. The molecule has 8 heteroatoms. The minimum absolute atomic E-state index is 0.0826. The van der Waals surface area contributed by atoms with E-state index in [9.17, 15) is 18.0 Å². The molecule has 0 bridgehead atoms. The van der Waals surface area contributed by atoms with Crippen LogP contribution in [0.1, 0.15) is 29.0 Å². The zero-order valence-electron chi connectivity index (χ0n) is 16.7. The Morgan fingerprint density at radius 3 is 2.50 bits per heavy atom. The number of alkyl halides is 3. The lowest BCUT2D eigenvalue weighted by atomic mass is 9.87. The summed E-state index contributed by atoms with van der Waals surface area (Å²) in [6, 6.07) is 10.5. The first kappa shape index (κ1) is 21.7. The molecule has 3 aromatic rings. The van der Waals surface area contributed by atoms with Gasteiger partial charge >= 0.3 is 6.18 Å². The minimum atomic E-state index is -4.42. The Morgan fingerprint density at radius 2 is 1.87 bits per heavy atom. The fourth-order valence-electron chi connectivity index (χ4n) is 3.40. The molecule has 1 amide bonds. The van der Waals surface area contributed by atoms with Crippen LogP contribution in [0, 0.1) is 0 Å². The van der Waals surface area contributed by atoms with Crippen LogP contribution in [-0.2, 0) is 15.7 Å². The van der Waals surface area contributed by atoms with E-state index >= 15 is 0 Å². The van der Waals surface area contributed by atoms with Gasteiger partial charge in [-0.25, -0.2) is 0 Å². The Morgan fingerprint density at radius 1 is 1.13 bits per heavy atom. The molecule has 0 aliphatic heterocycles. The van der Waals surface area contributed by atoms with E-state index in [0.717, 1.165) is 28.6 Å². The highest BCUT2D eigenvalue weighted by atomic mass is 19.4. The molecule has 1 aromatic heterocycles. The molecule has 160 valence electrons. The number of methoxy groups -OCH3 is 2. The quantitative estimate of drug-likeness (QED) is 0.528. The number of carbonyl (C=O) groups excluding carboxylic acids is 1. The van der Waals surface area contributed by atoms with Crippen LogP contribution in [0.5, 0.6) is 5.75 Å². The van der Waals surface area contributed by atoms with Crippen LogP contribution >= 0.6 is 0 Å². The van der Waals surface area contributed by atoms with Crippen molar-refractivity contribution in [2.75, 3.05) is 27.4 Å². The summed E-state index contributed by atoms with van der Waals surface area (Å²) in [5, 5.41) is 3.62. The normalized spacial score (nSPS) is 12.7. The van der Waals surface area contributed by atoms with Crippen LogP contribution in [0.25, 0.3) is 10.9 Å². The summed E-state index contributed by atoms with van der Waals surface area (Å²) in [7, 11) is 3.10. The highest BCUT2D eigenvalue weighted by Gasteiger charge is 2.31. The third-order valence-corrected chi connectivity index (χ3v) is 4.95. The molecule has 0 aliphatic carbocycles. The van der Waals surface area contributed by atoms with E-state index in [0.29, 0.717) is 24.5 Å². The largest absolute Gasteiger partial charge is 0.497 e. The molecule has 0 radical (unpaired) electrons. The molecular formula is C22H23F3N2O3. The Labute approximate surface area is 172 Å². The second-order valence-corrected chi connectivity index (χ2v) is 6.87. The maximum atomic E-state index is 13.0. The fourth-order valence-corrected chi connectivity index (χ4v) is 3.40. The highest BCUT2D eigenvalue weighted by Crippen LogP contribution is 2.36. The van der Waals surface area contributed by atoms with Crippen LogP contribution in [0.3, 0.4) is 0 Å². The topological polar surface area (TPSA) is 63.3 Å². The Bertz CT molecular complexity index is 997. The molecule has 0 aliphatic rings. The van der Waals surface area contributed by atoms with Crippen molar-refractivity contribution in [1.29, 1.82) is 0 Å². The molecule has 1 atom stereocenters. The van der Waals surface area contributed by atoms with Gasteiger partial charge < -0.3 is 19.8 Å². The molecule has 30 heavy (non-hydrogen) atoms. The number of hydrogen-bond donors (Lipinski definition) is 2. The molecule has 0 saturated heterocycles. The van der Waals surface area contributed by atoms with E-state index in [2.05, 4.69) is 10.3 Å². The maximum absolute atomic E-state index is 13.0. The lowest BCUT2D eigenvalue weighted by Gasteiger charge is -2.18. The van der Waals surface area contributed by atoms with Crippen molar-refractivity contribution in [3.05, 3.63) is 65.4 Å². The van der Waals surface area contributed by atoms with Gasteiger partial charge in [-0.05, 0) is 41.5 Å². The first-order valence-corrected chi connectivity index (χ1v) is 9.41. The Kier molecular flexibility index (Phi) is 6.66. The monoisotopic (exact) mass is 420 g/mol. The third kappa shape index (κ3) is 4.94. The van der Waals surface area contributed by atoms with Crippen molar-refractivity contribution < 1.29 is 27.4 Å². The van der Waals surface area contributed by atoms with Gasteiger partial charge in [-0.1, -0.05) is 12.1 Å². The average Bonchev–Trinajstić information content (AvgIpc) is 3.14. The lowest BCUT2D eigenvalue weighted by Crippen LogP contribution is -2.28. The molecular weight excluding hydrogens is 397 g/mol. The summed E-state index contributed by atoms with van der Waals surface area (Å²) in [6.07, 6.45) is -2.55. The molecule has 1 heterocycles. The number of aromatic amines is 1. The lowest BCUT2D eigenvalue weighted by molar-refractivity contribution is -0.137. The highest BCUT2D eigenvalue weighted by molar-refractivity contribution is 5.87. The zero-order chi connectivity index (χ0) is 21.7. The van der Waals surface area contributed by atoms with E-state index < -0.39 is 17.7 Å². The van der Waals surface area contributed by atoms with Crippen molar-refractivity contribution >= 4 is 16.8 Å². The summed E-state index contributed by atoms with van der Waals surface area (Å²) in [5.74, 6) is 0.00365.